The van der Waals surface area contributed by atoms with Crippen molar-refractivity contribution in [2.45, 2.75) is 88.4 Å². The minimum atomic E-state index is -0.312. The summed E-state index contributed by atoms with van der Waals surface area (Å²) in [6.07, 6.45) is 15.8. The lowest BCUT2D eigenvalue weighted by Crippen LogP contribution is -2.39. The van der Waals surface area contributed by atoms with E-state index in [1.807, 2.05) is 0 Å². The molecule has 0 aromatic rings. The van der Waals surface area contributed by atoms with E-state index in [1.165, 1.54) is 23.9 Å². The van der Waals surface area contributed by atoms with Crippen LogP contribution in [0.25, 0.3) is 0 Å². The Morgan fingerprint density at radius 3 is 1.19 bits per heavy atom. The first-order chi connectivity index (χ1) is 7.79. The zero-order valence-electron chi connectivity index (χ0n) is 11.4. The van der Waals surface area contributed by atoms with Gasteiger partial charge in [0.15, 0.2) is 0 Å². The van der Waals surface area contributed by atoms with Gasteiger partial charge in [0.2, 0.25) is 0 Å². The Bertz CT molecular complexity index is 171. The van der Waals surface area contributed by atoms with E-state index < -0.39 is 0 Å². The number of hydrogen-bond donors (Lipinski definition) is 0. The Morgan fingerprint density at radius 1 is 0.562 bits per heavy atom. The first-order valence-electron chi connectivity index (χ1n) is 7.79. The van der Waals surface area contributed by atoms with Crippen LogP contribution in [-0.2, 0) is 0 Å². The SMILES string of the molecule is C[SiH](C1CCCCC1)[SiH](C)C1CCCCC1. The van der Waals surface area contributed by atoms with Crippen molar-refractivity contribution in [3.05, 3.63) is 0 Å². The fraction of sp³-hybridized carbons (Fsp3) is 1.00. The summed E-state index contributed by atoms with van der Waals surface area (Å²) in [5.74, 6) is 0. The second-order valence-corrected chi connectivity index (χ2v) is 18.1. The number of hydrogen-bond acceptors (Lipinski definition) is 0. The first-order valence-corrected chi connectivity index (χ1v) is 14.1. The molecule has 0 aliphatic heterocycles. The van der Waals surface area contributed by atoms with Crippen LogP contribution in [0.1, 0.15) is 64.2 Å². The highest BCUT2D eigenvalue weighted by Gasteiger charge is 2.31. The highest BCUT2D eigenvalue weighted by atomic mass is 29.2. The zero-order chi connectivity index (χ0) is 11.4. The maximum Gasteiger partial charge on any atom is 0.0281 e. The van der Waals surface area contributed by atoms with E-state index in [1.54, 1.807) is 51.4 Å². The minimum Gasteiger partial charge on any atom is -0.0739 e. The van der Waals surface area contributed by atoms with Crippen LogP contribution < -0.4 is 0 Å². The Balaban J connectivity index is 1.84. The summed E-state index contributed by atoms with van der Waals surface area (Å²) >= 11 is 0. The summed E-state index contributed by atoms with van der Waals surface area (Å²) in [6, 6.07) is 0. The monoisotopic (exact) mass is 254 g/mol. The van der Waals surface area contributed by atoms with Crippen LogP contribution in [0.5, 0.6) is 0 Å². The smallest absolute Gasteiger partial charge is 0.0281 e. The van der Waals surface area contributed by atoms with Crippen LogP contribution in [0.15, 0.2) is 0 Å². The Kier molecular flexibility index (Phi) is 5.14. The van der Waals surface area contributed by atoms with Gasteiger partial charge in [-0.2, -0.15) is 0 Å². The standard InChI is InChI=1S/C14H30Si2/c1-15(13-9-5-3-6-10-13)16(2)14-11-7-4-8-12-14/h13-16H,3-12H2,1-2H3. The molecule has 2 heteroatoms. The normalized spacial score (nSPS) is 28.9. The third-order valence-corrected chi connectivity index (χ3v) is 19.8. The van der Waals surface area contributed by atoms with Crippen molar-refractivity contribution in [1.82, 2.24) is 0 Å². The van der Waals surface area contributed by atoms with Crippen LogP contribution in [0.2, 0.25) is 24.2 Å². The summed E-state index contributed by atoms with van der Waals surface area (Å²) in [5, 5.41) is 0. The van der Waals surface area contributed by atoms with E-state index in [0.29, 0.717) is 0 Å². The van der Waals surface area contributed by atoms with Gasteiger partial charge in [-0.3, -0.25) is 0 Å². The predicted molar refractivity (Wildman–Crippen MR) is 79.7 cm³/mol. The van der Waals surface area contributed by atoms with Crippen molar-refractivity contribution in [1.29, 1.82) is 0 Å². The second kappa shape index (κ2) is 6.39. The largest absolute Gasteiger partial charge is 0.0739 e. The predicted octanol–water partition coefficient (Wildman–Crippen LogP) is 4.45. The Labute approximate surface area is 105 Å². The lowest BCUT2D eigenvalue weighted by atomic mass is 10.0. The van der Waals surface area contributed by atoms with Crippen molar-refractivity contribution in [2.75, 3.05) is 0 Å². The van der Waals surface area contributed by atoms with Gasteiger partial charge < -0.3 is 0 Å². The van der Waals surface area contributed by atoms with Gasteiger partial charge in [0.1, 0.15) is 0 Å². The second-order valence-electron chi connectivity index (χ2n) is 6.51. The van der Waals surface area contributed by atoms with Gasteiger partial charge in [0.25, 0.3) is 0 Å². The molecule has 2 atom stereocenters. The molecular formula is C14H30Si2. The molecule has 0 bridgehead atoms. The molecule has 0 aromatic heterocycles. The van der Waals surface area contributed by atoms with E-state index in [2.05, 4.69) is 13.1 Å². The van der Waals surface area contributed by atoms with E-state index in [-0.39, 0.29) is 16.6 Å². The van der Waals surface area contributed by atoms with Crippen molar-refractivity contribution >= 4 is 16.6 Å². The zero-order valence-corrected chi connectivity index (χ0v) is 13.7. The number of rotatable bonds is 3. The molecule has 0 radical (unpaired) electrons. The fourth-order valence-electron chi connectivity index (χ4n) is 4.18. The lowest BCUT2D eigenvalue weighted by molar-refractivity contribution is 0.492. The van der Waals surface area contributed by atoms with Gasteiger partial charge in [-0.25, -0.2) is 0 Å². The molecule has 0 saturated heterocycles. The average molecular weight is 255 g/mol. The van der Waals surface area contributed by atoms with Crippen LogP contribution in [-0.4, -0.2) is 16.6 Å². The summed E-state index contributed by atoms with van der Waals surface area (Å²) in [7, 11) is -0.624. The molecule has 2 saturated carbocycles. The molecule has 0 heterocycles. The molecule has 0 aromatic carbocycles. The van der Waals surface area contributed by atoms with Gasteiger partial charge in [0.05, 0.1) is 0 Å². The molecule has 2 aliphatic rings. The first kappa shape index (κ1) is 12.9. The third-order valence-electron chi connectivity index (χ3n) is 5.62. The molecule has 2 rings (SSSR count). The van der Waals surface area contributed by atoms with Gasteiger partial charge in [-0.1, -0.05) is 88.4 Å². The van der Waals surface area contributed by atoms with Crippen LogP contribution in [0.3, 0.4) is 0 Å². The van der Waals surface area contributed by atoms with Crippen LogP contribution >= 0.6 is 0 Å². The van der Waals surface area contributed by atoms with Crippen molar-refractivity contribution in [2.24, 2.45) is 0 Å². The Hall–Kier alpha value is 0.434. The highest BCUT2D eigenvalue weighted by molar-refractivity contribution is 7.22. The van der Waals surface area contributed by atoms with Crippen LogP contribution in [0.4, 0.5) is 0 Å². The third kappa shape index (κ3) is 3.22. The van der Waals surface area contributed by atoms with Crippen molar-refractivity contribution < 1.29 is 0 Å². The van der Waals surface area contributed by atoms with E-state index >= 15 is 0 Å². The van der Waals surface area contributed by atoms with Crippen molar-refractivity contribution in [3.8, 4) is 0 Å². The molecule has 0 N–H and O–H groups in total. The molecule has 0 spiro atoms. The van der Waals surface area contributed by atoms with Gasteiger partial charge >= 0.3 is 0 Å². The van der Waals surface area contributed by atoms with Gasteiger partial charge in [-0.05, 0) is 0 Å². The van der Waals surface area contributed by atoms with Gasteiger partial charge in [0, 0.05) is 16.6 Å². The minimum absolute atomic E-state index is 0.312. The molecule has 16 heavy (non-hydrogen) atoms. The van der Waals surface area contributed by atoms with Crippen LogP contribution in [0, 0.1) is 0 Å². The quantitative estimate of drug-likeness (QED) is 0.653. The maximum atomic E-state index is 2.75. The summed E-state index contributed by atoms with van der Waals surface area (Å²) in [5.41, 5.74) is 2.52. The molecule has 0 nitrogen and oxygen atoms in total. The molecule has 94 valence electrons. The molecule has 2 aliphatic carbocycles. The highest BCUT2D eigenvalue weighted by Crippen LogP contribution is 2.38. The summed E-state index contributed by atoms with van der Waals surface area (Å²) in [4.78, 5) is 0. The average Bonchev–Trinajstić information content (AvgIpc) is 2.39. The Morgan fingerprint density at radius 2 is 0.875 bits per heavy atom. The summed E-state index contributed by atoms with van der Waals surface area (Å²) in [6.45, 7) is 5.50. The lowest BCUT2D eigenvalue weighted by Gasteiger charge is -2.35. The van der Waals surface area contributed by atoms with E-state index in [9.17, 15) is 0 Å². The molecule has 0 amide bonds. The topological polar surface area (TPSA) is 0 Å². The van der Waals surface area contributed by atoms with E-state index in [0.717, 1.165) is 0 Å². The van der Waals surface area contributed by atoms with Gasteiger partial charge in [-0.15, -0.1) is 0 Å². The fourth-order valence-corrected chi connectivity index (χ4v) is 16.4. The van der Waals surface area contributed by atoms with E-state index in [4.69, 9.17) is 0 Å². The van der Waals surface area contributed by atoms with Crippen molar-refractivity contribution in [3.63, 3.8) is 0 Å². The molecular weight excluding hydrogens is 224 g/mol. The maximum absolute atomic E-state index is 2.75. The summed E-state index contributed by atoms with van der Waals surface area (Å²) < 4.78 is 0. The molecule has 2 fully saturated rings. The molecule has 2 unspecified atom stereocenters.